The van der Waals surface area contributed by atoms with Crippen LogP contribution in [0.15, 0.2) is 48.5 Å². The average Bonchev–Trinajstić information content (AvgIpc) is 3.16. The molecule has 0 aliphatic heterocycles. The standard InChI is InChI=1S/C27H32N2O5/c1-29(15-14-26(31)32)25(30)16-18-8-2-7-13-24(18)28-27(33)34-17-23-21-11-5-3-9-19(21)20-10-4-6-12-22(20)23/h3-6,9-12,18,23-24H,2,7-8,13-17H2,1H3,(H,28,33)(H,31,32)/t18-,24-/m1/s1. The Balaban J connectivity index is 1.34. The number of amides is 2. The molecule has 1 saturated carbocycles. The van der Waals surface area contributed by atoms with Gasteiger partial charge >= 0.3 is 12.1 Å². The molecule has 0 radical (unpaired) electrons. The first-order valence-corrected chi connectivity index (χ1v) is 12.0. The van der Waals surface area contributed by atoms with E-state index in [2.05, 4.69) is 29.6 Å². The molecular weight excluding hydrogens is 432 g/mol. The molecule has 180 valence electrons. The Morgan fingerprint density at radius 1 is 1.00 bits per heavy atom. The van der Waals surface area contributed by atoms with Gasteiger partial charge in [0, 0.05) is 32.0 Å². The second-order valence-electron chi connectivity index (χ2n) is 9.28. The van der Waals surface area contributed by atoms with Gasteiger partial charge in [-0.1, -0.05) is 61.4 Å². The summed E-state index contributed by atoms with van der Waals surface area (Å²) >= 11 is 0. The van der Waals surface area contributed by atoms with Crippen molar-refractivity contribution in [2.75, 3.05) is 20.2 Å². The zero-order valence-corrected chi connectivity index (χ0v) is 19.5. The molecule has 2 atom stereocenters. The maximum absolute atomic E-state index is 12.7. The summed E-state index contributed by atoms with van der Waals surface area (Å²) in [5.74, 6) is -0.988. The van der Waals surface area contributed by atoms with Crippen molar-refractivity contribution in [3.05, 3.63) is 59.7 Å². The van der Waals surface area contributed by atoms with Gasteiger partial charge in [0.05, 0.1) is 6.42 Å². The number of hydrogen-bond donors (Lipinski definition) is 2. The number of nitrogens with zero attached hydrogens (tertiary/aromatic N) is 1. The highest BCUT2D eigenvalue weighted by molar-refractivity contribution is 5.79. The largest absolute Gasteiger partial charge is 0.481 e. The number of carboxylic acid groups (broad SMARTS) is 1. The highest BCUT2D eigenvalue weighted by atomic mass is 16.5. The maximum atomic E-state index is 12.7. The fraction of sp³-hybridized carbons (Fsp3) is 0.444. The molecule has 2 aliphatic rings. The molecule has 2 aliphatic carbocycles. The van der Waals surface area contributed by atoms with Gasteiger partial charge in [0.2, 0.25) is 5.91 Å². The molecule has 7 nitrogen and oxygen atoms in total. The highest BCUT2D eigenvalue weighted by Crippen LogP contribution is 2.44. The molecule has 2 aromatic carbocycles. The van der Waals surface area contributed by atoms with Gasteiger partial charge in [-0.3, -0.25) is 9.59 Å². The van der Waals surface area contributed by atoms with Gasteiger partial charge < -0.3 is 20.1 Å². The van der Waals surface area contributed by atoms with Crippen molar-refractivity contribution in [2.24, 2.45) is 5.92 Å². The molecule has 1 fully saturated rings. The lowest BCUT2D eigenvalue weighted by atomic mass is 9.82. The van der Waals surface area contributed by atoms with E-state index in [-0.39, 0.29) is 43.4 Å². The number of carbonyl (C=O) groups excluding carboxylic acids is 2. The van der Waals surface area contributed by atoms with Gasteiger partial charge in [0.25, 0.3) is 0 Å². The molecule has 2 aromatic rings. The van der Waals surface area contributed by atoms with Crippen molar-refractivity contribution in [1.29, 1.82) is 0 Å². The normalized spacial score (nSPS) is 19.1. The number of alkyl carbamates (subject to hydrolysis) is 1. The summed E-state index contributed by atoms with van der Waals surface area (Å²) in [6, 6.07) is 16.3. The third-order valence-electron chi connectivity index (χ3n) is 7.08. The topological polar surface area (TPSA) is 95.9 Å². The molecule has 0 saturated heterocycles. The number of ether oxygens (including phenoxy) is 1. The zero-order valence-electron chi connectivity index (χ0n) is 19.5. The van der Waals surface area contributed by atoms with Crippen LogP contribution in [0.2, 0.25) is 0 Å². The highest BCUT2D eigenvalue weighted by Gasteiger charge is 2.32. The third kappa shape index (κ3) is 5.41. The first kappa shape index (κ1) is 23.8. The van der Waals surface area contributed by atoms with E-state index in [1.807, 2.05) is 24.3 Å². The predicted octanol–water partition coefficient (Wildman–Crippen LogP) is 4.41. The Morgan fingerprint density at radius 3 is 2.26 bits per heavy atom. The van der Waals surface area contributed by atoms with Crippen LogP contribution in [0.1, 0.15) is 55.6 Å². The average molecular weight is 465 g/mol. The molecule has 2 N–H and O–H groups in total. The van der Waals surface area contributed by atoms with Crippen molar-refractivity contribution in [1.82, 2.24) is 10.2 Å². The number of rotatable bonds is 8. The lowest BCUT2D eigenvalue weighted by Gasteiger charge is -2.32. The van der Waals surface area contributed by atoms with Crippen LogP contribution in [0.3, 0.4) is 0 Å². The number of aliphatic carboxylic acids is 1. The number of carboxylic acids is 1. The molecule has 0 unspecified atom stereocenters. The second kappa shape index (κ2) is 10.7. The van der Waals surface area contributed by atoms with E-state index in [0.29, 0.717) is 6.42 Å². The molecule has 0 spiro atoms. The van der Waals surface area contributed by atoms with Crippen molar-refractivity contribution in [3.8, 4) is 11.1 Å². The fourth-order valence-electron chi connectivity index (χ4n) is 5.20. The fourth-order valence-corrected chi connectivity index (χ4v) is 5.20. The Hall–Kier alpha value is -3.35. The first-order chi connectivity index (χ1) is 16.4. The summed E-state index contributed by atoms with van der Waals surface area (Å²) in [5.41, 5.74) is 4.71. The van der Waals surface area contributed by atoms with Crippen LogP contribution < -0.4 is 5.32 Å². The monoisotopic (exact) mass is 464 g/mol. The molecule has 7 heteroatoms. The van der Waals surface area contributed by atoms with Crippen LogP contribution in [0.5, 0.6) is 0 Å². The van der Waals surface area contributed by atoms with Crippen LogP contribution in [0.4, 0.5) is 4.79 Å². The summed E-state index contributed by atoms with van der Waals surface area (Å²) in [4.78, 5) is 37.6. The quantitative estimate of drug-likeness (QED) is 0.603. The number of carbonyl (C=O) groups is 3. The van der Waals surface area contributed by atoms with Gasteiger partial charge in [-0.15, -0.1) is 0 Å². The molecule has 34 heavy (non-hydrogen) atoms. The van der Waals surface area contributed by atoms with Crippen molar-refractivity contribution in [3.63, 3.8) is 0 Å². The molecular formula is C27H32N2O5. The summed E-state index contributed by atoms with van der Waals surface area (Å²) in [6.45, 7) is 0.444. The minimum Gasteiger partial charge on any atom is -0.481 e. The predicted molar refractivity (Wildman–Crippen MR) is 128 cm³/mol. The van der Waals surface area contributed by atoms with Gasteiger partial charge in [0.1, 0.15) is 6.61 Å². The van der Waals surface area contributed by atoms with Gasteiger partial charge in [-0.25, -0.2) is 4.79 Å². The SMILES string of the molecule is CN(CCC(=O)O)C(=O)C[C@H]1CCCC[C@H]1NC(=O)OCC1c2ccccc2-c2ccccc21. The molecule has 2 amide bonds. The van der Waals surface area contributed by atoms with Crippen molar-refractivity contribution >= 4 is 18.0 Å². The van der Waals surface area contributed by atoms with Crippen LogP contribution in [-0.4, -0.2) is 54.2 Å². The first-order valence-electron chi connectivity index (χ1n) is 12.0. The Kier molecular flexibility index (Phi) is 7.50. The number of fused-ring (bicyclic) bond motifs is 3. The number of nitrogens with one attached hydrogen (secondary N) is 1. The Morgan fingerprint density at radius 2 is 1.62 bits per heavy atom. The van der Waals surface area contributed by atoms with E-state index in [0.717, 1.165) is 25.7 Å². The van der Waals surface area contributed by atoms with Gasteiger partial charge in [-0.05, 0) is 41.0 Å². The zero-order chi connectivity index (χ0) is 24.1. The van der Waals surface area contributed by atoms with E-state index in [1.54, 1.807) is 7.05 Å². The summed E-state index contributed by atoms with van der Waals surface area (Å²) in [5, 5.41) is 11.9. The molecule has 0 heterocycles. The minimum absolute atomic E-state index is 0.00441. The van der Waals surface area contributed by atoms with Crippen LogP contribution >= 0.6 is 0 Å². The van der Waals surface area contributed by atoms with E-state index in [9.17, 15) is 14.4 Å². The van der Waals surface area contributed by atoms with Crippen LogP contribution in [0.25, 0.3) is 11.1 Å². The molecule has 0 bridgehead atoms. The summed E-state index contributed by atoms with van der Waals surface area (Å²) < 4.78 is 5.70. The number of hydrogen-bond acceptors (Lipinski definition) is 4. The molecule has 4 rings (SSSR count). The smallest absolute Gasteiger partial charge is 0.407 e. The van der Waals surface area contributed by atoms with Gasteiger partial charge in [-0.2, -0.15) is 0 Å². The van der Waals surface area contributed by atoms with E-state index in [1.165, 1.54) is 27.2 Å². The van der Waals surface area contributed by atoms with Gasteiger partial charge in [0.15, 0.2) is 0 Å². The lowest BCUT2D eigenvalue weighted by Crippen LogP contribution is -2.44. The maximum Gasteiger partial charge on any atom is 0.407 e. The van der Waals surface area contributed by atoms with Crippen LogP contribution in [-0.2, 0) is 14.3 Å². The summed E-state index contributed by atoms with van der Waals surface area (Å²) in [7, 11) is 1.63. The number of benzene rings is 2. The van der Waals surface area contributed by atoms with Crippen molar-refractivity contribution in [2.45, 2.75) is 50.5 Å². The third-order valence-corrected chi connectivity index (χ3v) is 7.08. The van der Waals surface area contributed by atoms with Crippen molar-refractivity contribution < 1.29 is 24.2 Å². The lowest BCUT2D eigenvalue weighted by molar-refractivity contribution is -0.138. The second-order valence-corrected chi connectivity index (χ2v) is 9.28. The Bertz CT molecular complexity index is 1010. The van der Waals surface area contributed by atoms with E-state index < -0.39 is 12.1 Å². The minimum atomic E-state index is -0.924. The van der Waals surface area contributed by atoms with Crippen LogP contribution in [0, 0.1) is 5.92 Å². The van der Waals surface area contributed by atoms with E-state index >= 15 is 0 Å². The summed E-state index contributed by atoms with van der Waals surface area (Å²) in [6.07, 6.45) is 3.44. The van der Waals surface area contributed by atoms with E-state index in [4.69, 9.17) is 9.84 Å². The molecule has 0 aromatic heterocycles. The Labute approximate surface area is 200 Å².